The summed E-state index contributed by atoms with van der Waals surface area (Å²) in [7, 11) is 0. The molecule has 0 radical (unpaired) electrons. The molecule has 7 nitrogen and oxygen atoms in total. The van der Waals surface area contributed by atoms with Gasteiger partial charge in [0.2, 0.25) is 5.91 Å². The zero-order valence-electron chi connectivity index (χ0n) is 11.6. The van der Waals surface area contributed by atoms with Crippen LogP contribution in [0.5, 0.6) is 0 Å². The Morgan fingerprint density at radius 1 is 1.35 bits per heavy atom. The minimum absolute atomic E-state index is 0.0277. The quantitative estimate of drug-likeness (QED) is 0.838. The molecule has 1 heterocycles. The summed E-state index contributed by atoms with van der Waals surface area (Å²) in [6.07, 6.45) is 6.05. The molecular formula is C13H20N4O3. The molecular weight excluding hydrogens is 260 g/mol. The number of carboxylic acids is 1. The van der Waals surface area contributed by atoms with Gasteiger partial charge in [-0.15, -0.1) is 5.10 Å². The third kappa shape index (κ3) is 3.34. The SMILES string of the molecule is CCc1c(C(=O)O)nnn1CC(=O)NC1CCCCC1. The fourth-order valence-corrected chi connectivity index (χ4v) is 2.63. The Balaban J connectivity index is 1.98. The lowest BCUT2D eigenvalue weighted by atomic mass is 9.95. The van der Waals surface area contributed by atoms with E-state index < -0.39 is 5.97 Å². The van der Waals surface area contributed by atoms with Gasteiger partial charge in [0.25, 0.3) is 0 Å². The zero-order chi connectivity index (χ0) is 14.5. The van der Waals surface area contributed by atoms with Crippen LogP contribution in [0.25, 0.3) is 0 Å². The molecule has 0 bridgehead atoms. The van der Waals surface area contributed by atoms with Crippen LogP contribution in [0.3, 0.4) is 0 Å². The number of amides is 1. The Kier molecular flexibility index (Phi) is 4.70. The van der Waals surface area contributed by atoms with Gasteiger partial charge < -0.3 is 10.4 Å². The summed E-state index contributed by atoms with van der Waals surface area (Å²) in [6, 6.07) is 0.240. The van der Waals surface area contributed by atoms with Crippen LogP contribution in [0.15, 0.2) is 0 Å². The van der Waals surface area contributed by atoms with Crippen LogP contribution in [-0.2, 0) is 17.8 Å². The van der Waals surface area contributed by atoms with Crippen LogP contribution in [-0.4, -0.2) is 38.0 Å². The molecule has 0 aliphatic heterocycles. The molecule has 7 heteroatoms. The second-order valence-electron chi connectivity index (χ2n) is 5.10. The van der Waals surface area contributed by atoms with Crippen LogP contribution in [0.2, 0.25) is 0 Å². The lowest BCUT2D eigenvalue weighted by molar-refractivity contribution is -0.122. The molecule has 110 valence electrons. The minimum Gasteiger partial charge on any atom is -0.476 e. The van der Waals surface area contributed by atoms with E-state index in [2.05, 4.69) is 15.6 Å². The summed E-state index contributed by atoms with van der Waals surface area (Å²) in [5.74, 6) is -1.24. The van der Waals surface area contributed by atoms with Gasteiger partial charge in [-0.25, -0.2) is 9.48 Å². The molecule has 0 saturated heterocycles. The first kappa shape index (κ1) is 14.5. The lowest BCUT2D eigenvalue weighted by Gasteiger charge is -2.22. The van der Waals surface area contributed by atoms with E-state index in [1.54, 1.807) is 0 Å². The van der Waals surface area contributed by atoms with Gasteiger partial charge in [0.1, 0.15) is 6.54 Å². The Bertz CT molecular complexity index is 492. The summed E-state index contributed by atoms with van der Waals surface area (Å²) in [4.78, 5) is 23.0. The van der Waals surface area contributed by atoms with Crippen LogP contribution in [0, 0.1) is 0 Å². The van der Waals surface area contributed by atoms with Gasteiger partial charge in [-0.05, 0) is 19.3 Å². The van der Waals surface area contributed by atoms with Gasteiger partial charge >= 0.3 is 5.97 Å². The van der Waals surface area contributed by atoms with Gasteiger partial charge in [0.05, 0.1) is 5.69 Å². The van der Waals surface area contributed by atoms with Crippen molar-refractivity contribution >= 4 is 11.9 Å². The molecule has 1 saturated carbocycles. The third-order valence-electron chi connectivity index (χ3n) is 3.64. The maximum absolute atomic E-state index is 12.0. The van der Waals surface area contributed by atoms with E-state index in [0.29, 0.717) is 12.1 Å². The average molecular weight is 280 g/mol. The highest BCUT2D eigenvalue weighted by Gasteiger charge is 2.20. The Morgan fingerprint density at radius 3 is 2.65 bits per heavy atom. The van der Waals surface area contributed by atoms with Crippen molar-refractivity contribution < 1.29 is 14.7 Å². The van der Waals surface area contributed by atoms with E-state index >= 15 is 0 Å². The van der Waals surface area contributed by atoms with Gasteiger partial charge in [0, 0.05) is 6.04 Å². The highest BCUT2D eigenvalue weighted by atomic mass is 16.4. The second kappa shape index (κ2) is 6.49. The summed E-state index contributed by atoms with van der Waals surface area (Å²) in [6.45, 7) is 1.85. The molecule has 2 N–H and O–H groups in total. The maximum atomic E-state index is 12.0. The largest absolute Gasteiger partial charge is 0.476 e. The molecule has 1 fully saturated rings. The Labute approximate surface area is 117 Å². The number of hydrogen-bond donors (Lipinski definition) is 2. The number of carbonyl (C=O) groups excluding carboxylic acids is 1. The van der Waals surface area contributed by atoms with Crippen molar-refractivity contribution in [3.05, 3.63) is 11.4 Å². The number of carbonyl (C=O) groups is 2. The third-order valence-corrected chi connectivity index (χ3v) is 3.64. The van der Waals surface area contributed by atoms with Crippen LogP contribution in [0.4, 0.5) is 0 Å². The number of nitrogens with one attached hydrogen (secondary N) is 1. The van der Waals surface area contributed by atoms with Gasteiger partial charge in [-0.1, -0.05) is 31.4 Å². The number of rotatable bonds is 5. The topological polar surface area (TPSA) is 97.1 Å². The van der Waals surface area contributed by atoms with Crippen molar-refractivity contribution in [2.75, 3.05) is 0 Å². The smallest absolute Gasteiger partial charge is 0.358 e. The monoisotopic (exact) mass is 280 g/mol. The second-order valence-corrected chi connectivity index (χ2v) is 5.10. The van der Waals surface area contributed by atoms with Gasteiger partial charge in [0.15, 0.2) is 5.69 Å². The molecule has 1 aliphatic carbocycles. The Hall–Kier alpha value is -1.92. The fourth-order valence-electron chi connectivity index (χ4n) is 2.63. The van der Waals surface area contributed by atoms with E-state index in [1.807, 2.05) is 6.92 Å². The molecule has 1 aromatic rings. The van der Waals surface area contributed by atoms with Crippen LogP contribution in [0.1, 0.15) is 55.2 Å². The van der Waals surface area contributed by atoms with E-state index in [9.17, 15) is 9.59 Å². The molecule has 20 heavy (non-hydrogen) atoms. The molecule has 1 aromatic heterocycles. The number of aromatic nitrogens is 3. The molecule has 0 atom stereocenters. The predicted octanol–water partition coefficient (Wildman–Crippen LogP) is 0.988. The van der Waals surface area contributed by atoms with Crippen molar-refractivity contribution in [3.63, 3.8) is 0 Å². The van der Waals surface area contributed by atoms with E-state index in [-0.39, 0.29) is 24.2 Å². The van der Waals surface area contributed by atoms with Crippen molar-refractivity contribution in [2.24, 2.45) is 0 Å². The number of hydrogen-bond acceptors (Lipinski definition) is 4. The average Bonchev–Trinajstić information content (AvgIpc) is 2.82. The zero-order valence-corrected chi connectivity index (χ0v) is 11.6. The minimum atomic E-state index is -1.11. The number of aromatic carboxylic acids is 1. The molecule has 2 rings (SSSR count). The van der Waals surface area contributed by atoms with Crippen molar-refractivity contribution in [2.45, 2.75) is 58.0 Å². The lowest BCUT2D eigenvalue weighted by Crippen LogP contribution is -2.38. The van der Waals surface area contributed by atoms with Crippen molar-refractivity contribution in [3.8, 4) is 0 Å². The summed E-state index contributed by atoms with van der Waals surface area (Å²) in [5, 5.41) is 19.4. The predicted molar refractivity (Wildman–Crippen MR) is 71.4 cm³/mol. The molecule has 1 amide bonds. The standard InChI is InChI=1S/C13H20N4O3/c1-2-10-12(13(19)20)15-16-17(10)8-11(18)14-9-6-4-3-5-7-9/h9H,2-8H2,1H3,(H,14,18)(H,19,20). The summed E-state index contributed by atoms with van der Waals surface area (Å²) in [5.41, 5.74) is 0.411. The molecule has 0 spiro atoms. The van der Waals surface area contributed by atoms with Crippen molar-refractivity contribution in [1.82, 2.24) is 20.3 Å². The summed E-state index contributed by atoms with van der Waals surface area (Å²) < 4.78 is 1.38. The van der Waals surface area contributed by atoms with E-state index in [4.69, 9.17) is 5.11 Å². The van der Waals surface area contributed by atoms with Gasteiger partial charge in [-0.2, -0.15) is 0 Å². The Morgan fingerprint density at radius 2 is 2.05 bits per heavy atom. The van der Waals surface area contributed by atoms with Gasteiger partial charge in [-0.3, -0.25) is 4.79 Å². The van der Waals surface area contributed by atoms with E-state index in [0.717, 1.165) is 25.7 Å². The number of carboxylic acid groups (broad SMARTS) is 1. The van der Waals surface area contributed by atoms with Crippen LogP contribution < -0.4 is 5.32 Å². The first-order valence-corrected chi connectivity index (χ1v) is 7.06. The summed E-state index contributed by atoms with van der Waals surface area (Å²) >= 11 is 0. The fraction of sp³-hybridized carbons (Fsp3) is 0.692. The molecule has 0 aromatic carbocycles. The molecule has 1 aliphatic rings. The highest BCUT2D eigenvalue weighted by Crippen LogP contribution is 2.17. The highest BCUT2D eigenvalue weighted by molar-refractivity contribution is 5.86. The van der Waals surface area contributed by atoms with Crippen LogP contribution >= 0.6 is 0 Å². The van der Waals surface area contributed by atoms with E-state index in [1.165, 1.54) is 11.1 Å². The first-order chi connectivity index (χ1) is 9.61. The molecule has 0 unspecified atom stereocenters. The maximum Gasteiger partial charge on any atom is 0.358 e. The normalized spacial score (nSPS) is 16.1. The van der Waals surface area contributed by atoms with Crippen molar-refractivity contribution in [1.29, 1.82) is 0 Å². The number of nitrogens with zero attached hydrogens (tertiary/aromatic N) is 3. The first-order valence-electron chi connectivity index (χ1n) is 7.06.